The SMILES string of the molecule is NCCN1Cc2c(F)cccc2C1=O. The van der Waals surface area contributed by atoms with E-state index < -0.39 is 0 Å². The summed E-state index contributed by atoms with van der Waals surface area (Å²) >= 11 is 0. The number of nitrogens with two attached hydrogens (primary N) is 1. The summed E-state index contributed by atoms with van der Waals surface area (Å²) in [6, 6.07) is 4.58. The van der Waals surface area contributed by atoms with Gasteiger partial charge in [-0.2, -0.15) is 0 Å². The van der Waals surface area contributed by atoms with E-state index in [9.17, 15) is 9.18 Å². The molecule has 1 aromatic carbocycles. The molecule has 0 bridgehead atoms. The molecule has 0 aromatic heterocycles. The van der Waals surface area contributed by atoms with E-state index in [4.69, 9.17) is 5.73 Å². The normalized spacial score (nSPS) is 14.7. The minimum Gasteiger partial charge on any atom is -0.333 e. The lowest BCUT2D eigenvalue weighted by molar-refractivity contribution is 0.0783. The Morgan fingerprint density at radius 2 is 2.29 bits per heavy atom. The highest BCUT2D eigenvalue weighted by Crippen LogP contribution is 2.24. The van der Waals surface area contributed by atoms with Crippen molar-refractivity contribution in [3.05, 3.63) is 35.1 Å². The Kier molecular flexibility index (Phi) is 2.21. The molecule has 1 aliphatic rings. The fourth-order valence-electron chi connectivity index (χ4n) is 1.69. The van der Waals surface area contributed by atoms with Gasteiger partial charge in [0, 0.05) is 30.8 Å². The Bertz CT molecular complexity index is 378. The second-order valence-corrected chi connectivity index (χ2v) is 3.28. The molecule has 1 aromatic rings. The van der Waals surface area contributed by atoms with Gasteiger partial charge in [0.25, 0.3) is 5.91 Å². The van der Waals surface area contributed by atoms with Gasteiger partial charge in [0.2, 0.25) is 0 Å². The van der Waals surface area contributed by atoms with E-state index in [1.807, 2.05) is 0 Å². The van der Waals surface area contributed by atoms with Crippen LogP contribution in [0.4, 0.5) is 4.39 Å². The van der Waals surface area contributed by atoms with Crippen molar-refractivity contribution < 1.29 is 9.18 Å². The number of halogens is 1. The monoisotopic (exact) mass is 194 g/mol. The third kappa shape index (κ3) is 1.28. The van der Waals surface area contributed by atoms with Crippen molar-refractivity contribution in [1.82, 2.24) is 4.90 Å². The molecule has 0 saturated heterocycles. The average Bonchev–Trinajstić information content (AvgIpc) is 2.48. The number of fused-ring (bicyclic) bond motifs is 1. The number of benzene rings is 1. The van der Waals surface area contributed by atoms with Gasteiger partial charge in [0.1, 0.15) is 5.82 Å². The van der Waals surface area contributed by atoms with Crippen LogP contribution in [0.25, 0.3) is 0 Å². The molecule has 1 heterocycles. The Hall–Kier alpha value is -1.42. The smallest absolute Gasteiger partial charge is 0.254 e. The van der Waals surface area contributed by atoms with Crippen molar-refractivity contribution in [3.8, 4) is 0 Å². The summed E-state index contributed by atoms with van der Waals surface area (Å²) in [5, 5.41) is 0. The van der Waals surface area contributed by atoms with Crippen molar-refractivity contribution in [2.24, 2.45) is 5.73 Å². The quantitative estimate of drug-likeness (QED) is 0.754. The van der Waals surface area contributed by atoms with Crippen LogP contribution in [0.1, 0.15) is 15.9 Å². The van der Waals surface area contributed by atoms with Crippen LogP contribution in [0.2, 0.25) is 0 Å². The van der Waals surface area contributed by atoms with Crippen molar-refractivity contribution in [3.63, 3.8) is 0 Å². The van der Waals surface area contributed by atoms with Crippen LogP contribution in [0.15, 0.2) is 18.2 Å². The number of hydrogen-bond donors (Lipinski definition) is 1. The molecule has 0 aliphatic carbocycles. The molecule has 74 valence electrons. The van der Waals surface area contributed by atoms with Crippen molar-refractivity contribution >= 4 is 5.91 Å². The van der Waals surface area contributed by atoms with Gasteiger partial charge in [-0.25, -0.2) is 4.39 Å². The van der Waals surface area contributed by atoms with Crippen LogP contribution in [0.3, 0.4) is 0 Å². The molecule has 2 rings (SSSR count). The van der Waals surface area contributed by atoms with Crippen LogP contribution in [-0.4, -0.2) is 23.9 Å². The van der Waals surface area contributed by atoms with Gasteiger partial charge in [0.05, 0.1) is 0 Å². The highest BCUT2D eigenvalue weighted by Gasteiger charge is 2.28. The zero-order valence-corrected chi connectivity index (χ0v) is 7.66. The minimum atomic E-state index is -0.310. The summed E-state index contributed by atoms with van der Waals surface area (Å²) in [7, 11) is 0. The summed E-state index contributed by atoms with van der Waals surface area (Å²) in [5.41, 5.74) is 6.32. The lowest BCUT2D eigenvalue weighted by Gasteiger charge is -2.13. The summed E-state index contributed by atoms with van der Waals surface area (Å²) < 4.78 is 13.3. The van der Waals surface area contributed by atoms with Gasteiger partial charge in [-0.3, -0.25) is 4.79 Å². The maximum Gasteiger partial charge on any atom is 0.254 e. The largest absolute Gasteiger partial charge is 0.333 e. The molecule has 0 fully saturated rings. The molecule has 1 aliphatic heterocycles. The Balaban J connectivity index is 2.35. The van der Waals surface area contributed by atoms with Crippen molar-refractivity contribution in [1.29, 1.82) is 0 Å². The number of nitrogens with zero attached hydrogens (tertiary/aromatic N) is 1. The van der Waals surface area contributed by atoms with Crippen LogP contribution >= 0.6 is 0 Å². The molecule has 2 N–H and O–H groups in total. The van der Waals surface area contributed by atoms with Gasteiger partial charge >= 0.3 is 0 Å². The lowest BCUT2D eigenvalue weighted by Crippen LogP contribution is -2.29. The summed E-state index contributed by atoms with van der Waals surface area (Å²) in [5.74, 6) is -0.430. The lowest BCUT2D eigenvalue weighted by atomic mass is 10.1. The predicted octanol–water partition coefficient (Wildman–Crippen LogP) is 0.740. The zero-order chi connectivity index (χ0) is 10.1. The van der Waals surface area contributed by atoms with E-state index in [1.54, 1.807) is 17.0 Å². The van der Waals surface area contributed by atoms with E-state index in [-0.39, 0.29) is 11.7 Å². The summed E-state index contributed by atoms with van der Waals surface area (Å²) in [4.78, 5) is 13.2. The first kappa shape index (κ1) is 9.15. The first-order chi connectivity index (χ1) is 6.74. The van der Waals surface area contributed by atoms with Gasteiger partial charge in [0.15, 0.2) is 0 Å². The number of hydrogen-bond acceptors (Lipinski definition) is 2. The van der Waals surface area contributed by atoms with E-state index in [1.165, 1.54) is 6.07 Å². The molecular formula is C10H11FN2O. The second-order valence-electron chi connectivity index (χ2n) is 3.28. The van der Waals surface area contributed by atoms with Gasteiger partial charge in [-0.05, 0) is 12.1 Å². The summed E-state index contributed by atoms with van der Waals surface area (Å²) in [6.07, 6.45) is 0. The number of carbonyl (C=O) groups is 1. The van der Waals surface area contributed by atoms with Crippen LogP contribution in [-0.2, 0) is 6.54 Å². The highest BCUT2D eigenvalue weighted by molar-refractivity contribution is 5.98. The Morgan fingerprint density at radius 1 is 1.50 bits per heavy atom. The fraction of sp³-hybridized carbons (Fsp3) is 0.300. The third-order valence-corrected chi connectivity index (χ3v) is 2.38. The van der Waals surface area contributed by atoms with Crippen molar-refractivity contribution in [2.45, 2.75) is 6.54 Å². The molecule has 0 unspecified atom stereocenters. The fourth-order valence-corrected chi connectivity index (χ4v) is 1.69. The molecule has 0 radical (unpaired) electrons. The van der Waals surface area contributed by atoms with Crippen LogP contribution in [0, 0.1) is 5.82 Å². The molecular weight excluding hydrogens is 183 g/mol. The van der Waals surface area contributed by atoms with Crippen LogP contribution in [0.5, 0.6) is 0 Å². The van der Waals surface area contributed by atoms with Gasteiger partial charge < -0.3 is 10.6 Å². The number of amides is 1. The minimum absolute atomic E-state index is 0.120. The first-order valence-electron chi connectivity index (χ1n) is 4.50. The Morgan fingerprint density at radius 3 is 2.93 bits per heavy atom. The van der Waals surface area contributed by atoms with Gasteiger partial charge in [-0.1, -0.05) is 6.07 Å². The molecule has 0 atom stereocenters. The summed E-state index contributed by atoms with van der Waals surface area (Å²) in [6.45, 7) is 1.23. The standard InChI is InChI=1S/C10H11FN2O/c11-9-3-1-2-7-8(9)6-13(5-4-12)10(7)14/h1-3H,4-6,12H2. The molecule has 4 heteroatoms. The predicted molar refractivity (Wildman–Crippen MR) is 50.2 cm³/mol. The van der Waals surface area contributed by atoms with Crippen molar-refractivity contribution in [2.75, 3.05) is 13.1 Å². The van der Waals surface area contributed by atoms with E-state index in [0.717, 1.165) is 0 Å². The highest BCUT2D eigenvalue weighted by atomic mass is 19.1. The molecule has 0 spiro atoms. The zero-order valence-electron chi connectivity index (χ0n) is 7.66. The third-order valence-electron chi connectivity index (χ3n) is 2.38. The van der Waals surface area contributed by atoms with E-state index >= 15 is 0 Å². The van der Waals surface area contributed by atoms with Crippen LogP contribution < -0.4 is 5.73 Å². The molecule has 14 heavy (non-hydrogen) atoms. The molecule has 3 nitrogen and oxygen atoms in total. The average molecular weight is 194 g/mol. The molecule has 0 saturated carbocycles. The first-order valence-corrected chi connectivity index (χ1v) is 4.50. The maximum absolute atomic E-state index is 13.3. The Labute approximate surface area is 81.3 Å². The van der Waals surface area contributed by atoms with Gasteiger partial charge in [-0.15, -0.1) is 0 Å². The topological polar surface area (TPSA) is 46.3 Å². The van der Waals surface area contributed by atoms with E-state index in [2.05, 4.69) is 0 Å². The second kappa shape index (κ2) is 3.38. The number of carbonyl (C=O) groups excluding carboxylic acids is 1. The van der Waals surface area contributed by atoms with E-state index in [0.29, 0.717) is 30.8 Å². The molecule has 1 amide bonds. The number of rotatable bonds is 2. The maximum atomic E-state index is 13.3.